The molecule has 0 aromatic heterocycles. The van der Waals surface area contributed by atoms with E-state index in [1.165, 1.54) is 0 Å². The summed E-state index contributed by atoms with van der Waals surface area (Å²) in [5, 5.41) is 6.19. The molecule has 2 N–H and O–H groups in total. The number of hydrogen-bond donors (Lipinski definition) is 2. The third kappa shape index (κ3) is 3.26. The van der Waals surface area contributed by atoms with E-state index < -0.39 is 0 Å². The molecule has 19 heavy (non-hydrogen) atoms. The minimum absolute atomic E-state index is 0.0774. The van der Waals surface area contributed by atoms with Crippen molar-refractivity contribution in [2.75, 3.05) is 20.2 Å². The molecule has 0 radical (unpaired) electrons. The minimum atomic E-state index is 0.0774. The third-order valence-electron chi connectivity index (χ3n) is 3.87. The first-order valence-electron chi connectivity index (χ1n) is 6.73. The number of aryl methyl sites for hydroxylation is 1. The van der Waals surface area contributed by atoms with Gasteiger partial charge in [0.1, 0.15) is 5.75 Å². The van der Waals surface area contributed by atoms with Crippen LogP contribution in [0.5, 0.6) is 5.75 Å². The van der Waals surface area contributed by atoms with Crippen LogP contribution in [-0.4, -0.2) is 26.1 Å². The molecule has 0 spiro atoms. The quantitative estimate of drug-likeness (QED) is 0.845. The summed E-state index contributed by atoms with van der Waals surface area (Å²) < 4.78 is 5.28. The molecule has 1 amide bonds. The first-order chi connectivity index (χ1) is 9.11. The summed E-state index contributed by atoms with van der Waals surface area (Å²) in [6.07, 6.45) is 0. The van der Waals surface area contributed by atoms with E-state index in [4.69, 9.17) is 4.74 Å². The molecular weight excluding hydrogens is 240 g/mol. The van der Waals surface area contributed by atoms with Gasteiger partial charge in [0.2, 0.25) is 5.91 Å². The van der Waals surface area contributed by atoms with E-state index in [0.717, 1.165) is 30.0 Å². The Hall–Kier alpha value is -1.55. The SMILES string of the molecule is COc1cc(CNC(=O)C(C)C2CNC2)ccc1C. The highest BCUT2D eigenvalue weighted by molar-refractivity contribution is 5.78. The van der Waals surface area contributed by atoms with Crippen molar-refractivity contribution in [3.05, 3.63) is 29.3 Å². The fourth-order valence-corrected chi connectivity index (χ4v) is 2.20. The van der Waals surface area contributed by atoms with Crippen LogP contribution in [0.25, 0.3) is 0 Å². The van der Waals surface area contributed by atoms with Crippen LogP contribution in [-0.2, 0) is 11.3 Å². The maximum absolute atomic E-state index is 12.0. The van der Waals surface area contributed by atoms with Crippen molar-refractivity contribution in [2.24, 2.45) is 11.8 Å². The zero-order chi connectivity index (χ0) is 13.8. The number of carbonyl (C=O) groups is 1. The first kappa shape index (κ1) is 13.9. The lowest BCUT2D eigenvalue weighted by Crippen LogP contribution is -2.49. The molecular formula is C15H22N2O2. The van der Waals surface area contributed by atoms with Crippen LogP contribution in [0.2, 0.25) is 0 Å². The maximum Gasteiger partial charge on any atom is 0.223 e. The Kier molecular flexibility index (Phi) is 4.43. The van der Waals surface area contributed by atoms with Crippen LogP contribution in [0, 0.1) is 18.8 Å². The summed E-state index contributed by atoms with van der Waals surface area (Å²) in [5.41, 5.74) is 2.17. The van der Waals surface area contributed by atoms with Gasteiger partial charge in [0.15, 0.2) is 0 Å². The van der Waals surface area contributed by atoms with Gasteiger partial charge in [0, 0.05) is 12.5 Å². The molecule has 1 aliphatic heterocycles. The predicted molar refractivity (Wildman–Crippen MR) is 75.1 cm³/mol. The fraction of sp³-hybridized carbons (Fsp3) is 0.533. The van der Waals surface area contributed by atoms with Crippen molar-refractivity contribution in [3.8, 4) is 5.75 Å². The van der Waals surface area contributed by atoms with Crippen LogP contribution >= 0.6 is 0 Å². The van der Waals surface area contributed by atoms with E-state index in [9.17, 15) is 4.79 Å². The van der Waals surface area contributed by atoms with Crippen LogP contribution in [0.1, 0.15) is 18.1 Å². The van der Waals surface area contributed by atoms with Gasteiger partial charge in [-0.3, -0.25) is 4.79 Å². The van der Waals surface area contributed by atoms with Crippen molar-refractivity contribution in [2.45, 2.75) is 20.4 Å². The van der Waals surface area contributed by atoms with Crippen LogP contribution in [0.15, 0.2) is 18.2 Å². The molecule has 0 bridgehead atoms. The van der Waals surface area contributed by atoms with Crippen molar-refractivity contribution >= 4 is 5.91 Å². The Morgan fingerprint density at radius 3 is 2.84 bits per heavy atom. The average molecular weight is 262 g/mol. The van der Waals surface area contributed by atoms with Crippen LogP contribution in [0.4, 0.5) is 0 Å². The number of methoxy groups -OCH3 is 1. The minimum Gasteiger partial charge on any atom is -0.496 e. The molecule has 4 heteroatoms. The molecule has 1 atom stereocenters. The molecule has 1 aromatic rings. The van der Waals surface area contributed by atoms with Gasteiger partial charge in [-0.2, -0.15) is 0 Å². The van der Waals surface area contributed by atoms with Crippen molar-refractivity contribution in [3.63, 3.8) is 0 Å². The van der Waals surface area contributed by atoms with E-state index >= 15 is 0 Å². The molecule has 2 rings (SSSR count). The number of ether oxygens (including phenoxy) is 1. The summed E-state index contributed by atoms with van der Waals surface area (Å²) in [6.45, 7) is 6.46. The summed E-state index contributed by atoms with van der Waals surface area (Å²) in [5.74, 6) is 1.55. The Labute approximate surface area is 114 Å². The summed E-state index contributed by atoms with van der Waals surface area (Å²) in [7, 11) is 1.66. The Balaban J connectivity index is 1.89. The Bertz CT molecular complexity index is 455. The molecule has 1 aromatic carbocycles. The lowest BCUT2D eigenvalue weighted by Gasteiger charge is -2.31. The van der Waals surface area contributed by atoms with Crippen molar-refractivity contribution in [1.82, 2.24) is 10.6 Å². The first-order valence-corrected chi connectivity index (χ1v) is 6.73. The number of nitrogens with one attached hydrogen (secondary N) is 2. The zero-order valence-electron chi connectivity index (χ0n) is 11.8. The van der Waals surface area contributed by atoms with Gasteiger partial charge in [0.05, 0.1) is 7.11 Å². The van der Waals surface area contributed by atoms with Gasteiger partial charge in [-0.25, -0.2) is 0 Å². The van der Waals surface area contributed by atoms with E-state index in [0.29, 0.717) is 12.5 Å². The Morgan fingerprint density at radius 1 is 1.53 bits per heavy atom. The van der Waals surface area contributed by atoms with E-state index in [-0.39, 0.29) is 11.8 Å². The van der Waals surface area contributed by atoms with Gasteiger partial charge < -0.3 is 15.4 Å². The standard InChI is InChI=1S/C15H22N2O2/c1-10-4-5-12(6-14(10)19-3)7-17-15(18)11(2)13-8-16-9-13/h4-6,11,13,16H,7-9H2,1-3H3,(H,17,18). The lowest BCUT2D eigenvalue weighted by molar-refractivity contribution is -0.126. The van der Waals surface area contributed by atoms with Crippen molar-refractivity contribution in [1.29, 1.82) is 0 Å². The molecule has 1 aliphatic rings. The van der Waals surface area contributed by atoms with Gasteiger partial charge in [-0.1, -0.05) is 19.1 Å². The molecule has 0 aliphatic carbocycles. The maximum atomic E-state index is 12.0. The topological polar surface area (TPSA) is 50.4 Å². The normalized spacial score (nSPS) is 16.6. The highest BCUT2D eigenvalue weighted by Crippen LogP contribution is 2.19. The number of amides is 1. The van der Waals surface area contributed by atoms with Crippen LogP contribution < -0.4 is 15.4 Å². The average Bonchev–Trinajstić information content (AvgIpc) is 2.35. The summed E-state index contributed by atoms with van der Waals surface area (Å²) in [6, 6.07) is 6.01. The number of benzene rings is 1. The number of hydrogen-bond acceptors (Lipinski definition) is 3. The van der Waals surface area contributed by atoms with Gasteiger partial charge in [-0.15, -0.1) is 0 Å². The second-order valence-corrected chi connectivity index (χ2v) is 5.23. The molecule has 1 fully saturated rings. The van der Waals surface area contributed by atoms with E-state index in [2.05, 4.69) is 10.6 Å². The molecule has 4 nitrogen and oxygen atoms in total. The van der Waals surface area contributed by atoms with E-state index in [1.807, 2.05) is 32.0 Å². The number of rotatable bonds is 5. The highest BCUT2D eigenvalue weighted by Gasteiger charge is 2.28. The van der Waals surface area contributed by atoms with Crippen LogP contribution in [0.3, 0.4) is 0 Å². The zero-order valence-corrected chi connectivity index (χ0v) is 11.8. The molecule has 1 saturated heterocycles. The van der Waals surface area contributed by atoms with Gasteiger partial charge in [0.25, 0.3) is 0 Å². The Morgan fingerprint density at radius 2 is 2.26 bits per heavy atom. The molecule has 1 unspecified atom stereocenters. The second-order valence-electron chi connectivity index (χ2n) is 5.23. The summed E-state index contributed by atoms with van der Waals surface area (Å²) in [4.78, 5) is 12.0. The smallest absolute Gasteiger partial charge is 0.223 e. The van der Waals surface area contributed by atoms with E-state index in [1.54, 1.807) is 7.11 Å². The molecule has 1 heterocycles. The predicted octanol–water partition coefficient (Wildman–Crippen LogP) is 1.48. The largest absolute Gasteiger partial charge is 0.496 e. The van der Waals surface area contributed by atoms with Gasteiger partial charge >= 0.3 is 0 Å². The summed E-state index contributed by atoms with van der Waals surface area (Å²) >= 11 is 0. The monoisotopic (exact) mass is 262 g/mol. The lowest BCUT2D eigenvalue weighted by atomic mass is 9.88. The molecule has 0 saturated carbocycles. The fourth-order valence-electron chi connectivity index (χ4n) is 2.20. The second kappa shape index (κ2) is 6.06. The highest BCUT2D eigenvalue weighted by atomic mass is 16.5. The molecule has 104 valence electrons. The number of carbonyl (C=O) groups excluding carboxylic acids is 1. The van der Waals surface area contributed by atoms with Gasteiger partial charge in [-0.05, 0) is 43.1 Å². The third-order valence-corrected chi connectivity index (χ3v) is 3.87. The van der Waals surface area contributed by atoms with Crippen molar-refractivity contribution < 1.29 is 9.53 Å².